The van der Waals surface area contributed by atoms with Crippen molar-refractivity contribution >= 4 is 179 Å². The van der Waals surface area contributed by atoms with E-state index in [-0.39, 0.29) is 13.4 Å². The third-order valence-corrected chi connectivity index (χ3v) is 17.1. The normalized spacial score (nSPS) is 13.9. The first kappa shape index (κ1) is 38.9. The van der Waals surface area contributed by atoms with E-state index < -0.39 is 0 Å². The molecule has 0 N–H and O–H groups in total. The summed E-state index contributed by atoms with van der Waals surface area (Å²) in [4.78, 5) is 9.86. The maximum absolute atomic E-state index is 7.40. The number of hydrogen-bond donors (Lipinski definition) is 0. The molecule has 11 aromatic rings. The van der Waals surface area contributed by atoms with E-state index in [1.165, 1.54) is 63.0 Å². The molecule has 10 heteroatoms. The Morgan fingerprint density at radius 1 is 0.324 bits per heavy atom. The van der Waals surface area contributed by atoms with E-state index in [1.807, 2.05) is 22.7 Å². The molecule has 0 radical (unpaired) electrons. The van der Waals surface area contributed by atoms with Gasteiger partial charge < -0.3 is 19.6 Å². The summed E-state index contributed by atoms with van der Waals surface area (Å²) in [6.07, 6.45) is 0. The highest BCUT2D eigenvalue weighted by Gasteiger charge is 2.50. The summed E-state index contributed by atoms with van der Waals surface area (Å²) in [5, 5.41) is 3.85. The molecule has 0 saturated heterocycles. The van der Waals surface area contributed by atoms with E-state index in [9.17, 15) is 0 Å². The molecule has 318 valence electrons. The number of thiophene rings is 2. The smallest absolute Gasteiger partial charge is 0.264 e. The number of fused-ring (bicyclic) bond motifs is 12. The predicted octanol–water partition coefficient (Wildman–Crippen LogP) is 13.6. The van der Waals surface area contributed by atoms with Gasteiger partial charge in [0.15, 0.2) is 0 Å². The lowest BCUT2D eigenvalue weighted by molar-refractivity contribution is 1.24. The van der Waals surface area contributed by atoms with Crippen molar-refractivity contribution in [2.75, 3.05) is 19.6 Å². The van der Waals surface area contributed by atoms with Gasteiger partial charge in [-0.05, 0) is 113 Å². The van der Waals surface area contributed by atoms with Crippen molar-refractivity contribution < 1.29 is 0 Å². The molecule has 0 atom stereocenters. The van der Waals surface area contributed by atoms with Crippen LogP contribution >= 0.6 is 45.9 Å². The van der Waals surface area contributed by atoms with Crippen LogP contribution in [0.2, 0.25) is 10.0 Å². The van der Waals surface area contributed by atoms with Crippen LogP contribution in [0.4, 0.5) is 68.2 Å². The minimum Gasteiger partial charge on any atom is -0.311 e. The number of hydrogen-bond acceptors (Lipinski definition) is 6. The SMILES string of the molecule is Clc1cc2c3c(c1)N(c1ccccc1)c1c(sc4ccccc14)B3c1cc3c(cc1N2c1ccccc1)N(c1ccccc1)c1cc(Cl)cc2c1B3c1sc3ccccc3c1N2c1ccccc1. The standard InChI is InChI=1S/C58H34B2Cl2N4S2/c61-35-29-47-53-49(31-35)65(39-21-9-3-10-22-39)55-41-25-13-15-27-51(41)67-57(55)59(53)43-33-44-46(34-45(43)63(47)37-17-5-1-6-18-37)64(38-19-7-2-8-20-38)48-30-36(62)32-50-54(48)60(44)58-56(42-26-14-16-28-52(42)68-58)66(50)40-23-11-4-12-24-40/h1-34H. The van der Waals surface area contributed by atoms with Crippen LogP contribution in [-0.4, -0.2) is 13.4 Å². The average molecular weight is 944 g/mol. The molecule has 4 nitrogen and oxygen atoms in total. The average Bonchev–Trinajstić information content (AvgIpc) is 3.96. The summed E-state index contributed by atoms with van der Waals surface area (Å²) in [6, 6.07) is 74.8. The van der Waals surface area contributed by atoms with E-state index in [2.05, 4.69) is 226 Å². The van der Waals surface area contributed by atoms with Crippen LogP contribution in [0.15, 0.2) is 206 Å². The quantitative estimate of drug-likeness (QED) is 0.163. The second kappa shape index (κ2) is 14.7. The Morgan fingerprint density at radius 2 is 0.647 bits per heavy atom. The largest absolute Gasteiger partial charge is 0.311 e. The minimum absolute atomic E-state index is 0.0903. The fourth-order valence-corrected chi connectivity index (χ4v) is 14.7. The number of nitrogens with zero attached hydrogens (tertiary/aromatic N) is 4. The third-order valence-electron chi connectivity index (χ3n) is 14.2. The zero-order valence-electron chi connectivity index (χ0n) is 36.1. The first-order valence-electron chi connectivity index (χ1n) is 22.9. The summed E-state index contributed by atoms with van der Waals surface area (Å²) in [7, 11) is 0. The number of halogens is 2. The Kier molecular flexibility index (Phi) is 8.38. The molecule has 4 aliphatic heterocycles. The van der Waals surface area contributed by atoms with Crippen LogP contribution in [0.25, 0.3) is 20.2 Å². The molecule has 4 aliphatic rings. The lowest BCUT2D eigenvalue weighted by Crippen LogP contribution is -2.64. The molecule has 68 heavy (non-hydrogen) atoms. The third kappa shape index (κ3) is 5.40. The summed E-state index contributed by atoms with van der Waals surface area (Å²) in [6.45, 7) is -0.181. The summed E-state index contributed by atoms with van der Waals surface area (Å²) in [5.41, 5.74) is 18.4. The van der Waals surface area contributed by atoms with E-state index in [4.69, 9.17) is 23.2 Å². The Morgan fingerprint density at radius 3 is 1.03 bits per heavy atom. The highest BCUT2D eigenvalue weighted by atomic mass is 35.5. The molecule has 15 rings (SSSR count). The van der Waals surface area contributed by atoms with Gasteiger partial charge >= 0.3 is 0 Å². The van der Waals surface area contributed by atoms with Crippen LogP contribution in [0.5, 0.6) is 0 Å². The first-order chi connectivity index (χ1) is 33.6. The van der Waals surface area contributed by atoms with Gasteiger partial charge in [0.1, 0.15) is 0 Å². The highest BCUT2D eigenvalue weighted by molar-refractivity contribution is 7.35. The van der Waals surface area contributed by atoms with E-state index in [1.54, 1.807) is 0 Å². The van der Waals surface area contributed by atoms with Crippen molar-refractivity contribution in [1.29, 1.82) is 0 Å². The van der Waals surface area contributed by atoms with Crippen LogP contribution in [0, 0.1) is 0 Å². The van der Waals surface area contributed by atoms with Crippen LogP contribution in [0.1, 0.15) is 0 Å². The van der Waals surface area contributed by atoms with Gasteiger partial charge in [0.2, 0.25) is 0 Å². The molecular weight excluding hydrogens is 909 g/mol. The predicted molar refractivity (Wildman–Crippen MR) is 295 cm³/mol. The topological polar surface area (TPSA) is 13.0 Å². The summed E-state index contributed by atoms with van der Waals surface area (Å²) >= 11 is 18.6. The monoisotopic (exact) mass is 942 g/mol. The van der Waals surface area contributed by atoms with E-state index >= 15 is 0 Å². The highest BCUT2D eigenvalue weighted by Crippen LogP contribution is 2.52. The molecular formula is C58H34B2Cl2N4S2. The van der Waals surface area contributed by atoms with E-state index in [0.717, 1.165) is 56.9 Å². The van der Waals surface area contributed by atoms with Crippen molar-refractivity contribution in [2.45, 2.75) is 0 Å². The van der Waals surface area contributed by atoms with Crippen molar-refractivity contribution in [1.82, 2.24) is 0 Å². The molecule has 0 aliphatic carbocycles. The first-order valence-corrected chi connectivity index (χ1v) is 25.3. The summed E-state index contributed by atoms with van der Waals surface area (Å²) < 4.78 is 5.17. The fraction of sp³-hybridized carbons (Fsp3) is 0. The van der Waals surface area contributed by atoms with Gasteiger partial charge in [0, 0.05) is 96.6 Å². The number of benzene rings is 9. The van der Waals surface area contributed by atoms with Gasteiger partial charge in [-0.2, -0.15) is 0 Å². The number of anilines is 12. The molecule has 0 unspecified atom stereocenters. The maximum Gasteiger partial charge on any atom is 0.264 e. The molecule has 9 aromatic carbocycles. The zero-order chi connectivity index (χ0) is 44.8. The van der Waals surface area contributed by atoms with Gasteiger partial charge in [-0.25, -0.2) is 0 Å². The van der Waals surface area contributed by atoms with Crippen molar-refractivity contribution in [3.63, 3.8) is 0 Å². The summed E-state index contributed by atoms with van der Waals surface area (Å²) in [5.74, 6) is 0. The second-order valence-electron chi connectivity index (χ2n) is 17.9. The lowest BCUT2D eigenvalue weighted by Gasteiger charge is -2.46. The number of rotatable bonds is 4. The van der Waals surface area contributed by atoms with E-state index in [0.29, 0.717) is 10.0 Å². The van der Waals surface area contributed by atoms with Crippen LogP contribution < -0.4 is 51.0 Å². The minimum atomic E-state index is -0.0903. The fourth-order valence-electron chi connectivity index (χ4n) is 11.7. The van der Waals surface area contributed by atoms with Crippen LogP contribution in [-0.2, 0) is 0 Å². The van der Waals surface area contributed by atoms with Gasteiger partial charge in [-0.15, -0.1) is 22.7 Å². The van der Waals surface area contributed by atoms with Crippen molar-refractivity contribution in [3.8, 4) is 0 Å². The van der Waals surface area contributed by atoms with Gasteiger partial charge in [0.25, 0.3) is 13.4 Å². The van der Waals surface area contributed by atoms with Gasteiger partial charge in [0.05, 0.1) is 11.4 Å². The molecule has 2 aromatic heterocycles. The van der Waals surface area contributed by atoms with Gasteiger partial charge in [-0.1, -0.05) is 138 Å². The molecule has 6 heterocycles. The molecule has 0 fully saturated rings. The Bertz CT molecular complexity index is 3640. The Hall–Kier alpha value is -7.19. The molecule has 0 bridgehead atoms. The lowest BCUT2D eigenvalue weighted by atomic mass is 9.32. The molecule has 0 spiro atoms. The molecule has 0 amide bonds. The molecule has 0 saturated carbocycles. The maximum atomic E-state index is 7.40. The van der Waals surface area contributed by atoms with Gasteiger partial charge in [-0.3, -0.25) is 0 Å². The zero-order valence-corrected chi connectivity index (χ0v) is 39.3. The number of para-hydroxylation sites is 4. The Balaban J connectivity index is 1.09. The van der Waals surface area contributed by atoms with Crippen molar-refractivity contribution in [2.24, 2.45) is 0 Å². The second-order valence-corrected chi connectivity index (χ2v) is 20.9. The van der Waals surface area contributed by atoms with Crippen LogP contribution in [0.3, 0.4) is 0 Å². The van der Waals surface area contributed by atoms with Crippen molar-refractivity contribution in [3.05, 3.63) is 216 Å². The Labute approximate surface area is 412 Å².